The van der Waals surface area contributed by atoms with Crippen LogP contribution in [0.1, 0.15) is 20.8 Å². The van der Waals surface area contributed by atoms with Crippen molar-refractivity contribution in [3.63, 3.8) is 0 Å². The van der Waals surface area contributed by atoms with Gasteiger partial charge in [-0.05, 0) is 18.4 Å². The van der Waals surface area contributed by atoms with Gasteiger partial charge < -0.3 is 10.0 Å². The molecule has 0 aromatic heterocycles. The molecule has 2 heteroatoms. The fourth-order valence-corrected chi connectivity index (χ4v) is 2.11. The van der Waals surface area contributed by atoms with E-state index < -0.39 is 0 Å². The lowest BCUT2D eigenvalue weighted by molar-refractivity contribution is 0.202. The molecular formula is C9H19NO. The number of nitrogens with zero attached hydrogens (tertiary/aromatic N) is 1. The lowest BCUT2D eigenvalue weighted by atomic mass is 10.1. The van der Waals surface area contributed by atoms with Crippen LogP contribution in [-0.4, -0.2) is 36.2 Å². The molecule has 0 amide bonds. The van der Waals surface area contributed by atoms with Gasteiger partial charge >= 0.3 is 0 Å². The number of rotatable bonds is 3. The molecule has 1 aliphatic carbocycles. The monoisotopic (exact) mass is 157 g/mol. The first-order valence-electron chi connectivity index (χ1n) is 4.33. The van der Waals surface area contributed by atoms with E-state index in [0.717, 1.165) is 12.5 Å². The van der Waals surface area contributed by atoms with Crippen LogP contribution in [0.25, 0.3) is 0 Å². The molecule has 1 N–H and O–H groups in total. The van der Waals surface area contributed by atoms with Crippen LogP contribution in [-0.2, 0) is 0 Å². The Labute approximate surface area is 69.2 Å². The lowest BCUT2D eigenvalue weighted by Gasteiger charge is -2.16. The fourth-order valence-electron chi connectivity index (χ4n) is 2.11. The van der Waals surface area contributed by atoms with Crippen LogP contribution in [0.2, 0.25) is 0 Å². The van der Waals surface area contributed by atoms with Crippen molar-refractivity contribution in [1.29, 1.82) is 0 Å². The predicted octanol–water partition coefficient (Wildman–Crippen LogP) is 0.955. The summed E-state index contributed by atoms with van der Waals surface area (Å²) in [6.45, 7) is 7.93. The van der Waals surface area contributed by atoms with Crippen LogP contribution in [0.5, 0.6) is 0 Å². The quantitative estimate of drug-likeness (QED) is 0.659. The molecule has 2 nitrogen and oxygen atoms in total. The summed E-state index contributed by atoms with van der Waals surface area (Å²) in [5.41, 5.74) is 0.462. The van der Waals surface area contributed by atoms with Crippen molar-refractivity contribution in [1.82, 2.24) is 4.90 Å². The number of hydrogen-bond donors (Lipinski definition) is 1. The van der Waals surface area contributed by atoms with Gasteiger partial charge in [0.25, 0.3) is 0 Å². The Morgan fingerprint density at radius 2 is 1.91 bits per heavy atom. The van der Waals surface area contributed by atoms with Crippen molar-refractivity contribution in [2.45, 2.75) is 26.8 Å². The van der Waals surface area contributed by atoms with Crippen LogP contribution >= 0.6 is 0 Å². The van der Waals surface area contributed by atoms with Gasteiger partial charge in [-0.1, -0.05) is 20.8 Å². The van der Waals surface area contributed by atoms with Crippen LogP contribution in [0.4, 0.5) is 0 Å². The largest absolute Gasteiger partial charge is 0.395 e. The van der Waals surface area contributed by atoms with Gasteiger partial charge in [0.1, 0.15) is 0 Å². The van der Waals surface area contributed by atoms with Crippen LogP contribution in [0.3, 0.4) is 0 Å². The SMILES string of the molecule is CC1C(N(C)CCO)C1(C)C. The zero-order valence-electron chi connectivity index (χ0n) is 7.96. The summed E-state index contributed by atoms with van der Waals surface area (Å²) in [4.78, 5) is 2.25. The topological polar surface area (TPSA) is 23.5 Å². The second-order valence-corrected chi connectivity index (χ2v) is 4.26. The zero-order chi connectivity index (χ0) is 8.65. The minimum atomic E-state index is 0.274. The third-order valence-corrected chi connectivity index (χ3v) is 3.23. The summed E-state index contributed by atoms with van der Waals surface area (Å²) in [5.74, 6) is 0.777. The summed E-state index contributed by atoms with van der Waals surface area (Å²) in [6.07, 6.45) is 0. The summed E-state index contributed by atoms with van der Waals surface area (Å²) in [5, 5.41) is 8.73. The highest BCUT2D eigenvalue weighted by Crippen LogP contribution is 2.54. The first kappa shape index (κ1) is 9.01. The molecule has 11 heavy (non-hydrogen) atoms. The zero-order valence-corrected chi connectivity index (χ0v) is 7.96. The number of hydrogen-bond acceptors (Lipinski definition) is 2. The maximum atomic E-state index is 8.73. The Morgan fingerprint density at radius 3 is 2.18 bits per heavy atom. The predicted molar refractivity (Wildman–Crippen MR) is 46.4 cm³/mol. The highest BCUT2D eigenvalue weighted by molar-refractivity contribution is 5.08. The molecule has 1 fully saturated rings. The number of likely N-dealkylation sites (N-methyl/N-ethyl adjacent to an activating group) is 1. The van der Waals surface area contributed by atoms with Crippen molar-refractivity contribution in [2.75, 3.05) is 20.2 Å². The molecule has 0 aromatic carbocycles. The lowest BCUT2D eigenvalue weighted by Crippen LogP contribution is -2.27. The van der Waals surface area contributed by atoms with Gasteiger partial charge in [-0.15, -0.1) is 0 Å². The van der Waals surface area contributed by atoms with Crippen LogP contribution < -0.4 is 0 Å². The summed E-state index contributed by atoms with van der Waals surface area (Å²) in [7, 11) is 2.09. The molecule has 66 valence electrons. The molecule has 2 unspecified atom stereocenters. The van der Waals surface area contributed by atoms with Gasteiger partial charge in [0.15, 0.2) is 0 Å². The van der Waals surface area contributed by atoms with E-state index in [4.69, 9.17) is 5.11 Å². The molecule has 0 bridgehead atoms. The van der Waals surface area contributed by atoms with Crippen molar-refractivity contribution < 1.29 is 5.11 Å². The summed E-state index contributed by atoms with van der Waals surface area (Å²) in [6, 6.07) is 0.676. The Kier molecular flexibility index (Phi) is 2.26. The standard InChI is InChI=1S/C9H19NO/c1-7-8(9(7,2)3)10(4)5-6-11/h7-8,11H,5-6H2,1-4H3. The molecule has 0 saturated heterocycles. The molecule has 1 aliphatic rings. The maximum Gasteiger partial charge on any atom is 0.0558 e. The summed E-state index contributed by atoms with van der Waals surface area (Å²) >= 11 is 0. The van der Waals surface area contributed by atoms with E-state index in [1.54, 1.807) is 0 Å². The smallest absolute Gasteiger partial charge is 0.0558 e. The Balaban J connectivity index is 2.40. The van der Waals surface area contributed by atoms with Gasteiger partial charge in [-0.3, -0.25) is 0 Å². The second kappa shape index (κ2) is 2.76. The van der Waals surface area contributed by atoms with Gasteiger partial charge in [-0.25, -0.2) is 0 Å². The molecule has 0 aliphatic heterocycles. The van der Waals surface area contributed by atoms with Crippen molar-refractivity contribution in [2.24, 2.45) is 11.3 Å². The third kappa shape index (κ3) is 1.42. The van der Waals surface area contributed by atoms with Crippen molar-refractivity contribution in [3.8, 4) is 0 Å². The average Bonchev–Trinajstić information content (AvgIpc) is 2.34. The molecular weight excluding hydrogens is 138 g/mol. The normalized spacial score (nSPS) is 34.4. The minimum absolute atomic E-state index is 0.274. The van der Waals surface area contributed by atoms with Crippen LogP contribution in [0.15, 0.2) is 0 Å². The highest BCUT2D eigenvalue weighted by Gasteiger charge is 2.56. The van der Waals surface area contributed by atoms with E-state index in [0.29, 0.717) is 11.5 Å². The number of aliphatic hydroxyl groups is 1. The van der Waals surface area contributed by atoms with Crippen molar-refractivity contribution in [3.05, 3.63) is 0 Å². The fraction of sp³-hybridized carbons (Fsp3) is 1.00. The van der Waals surface area contributed by atoms with Gasteiger partial charge in [0.05, 0.1) is 6.61 Å². The molecule has 0 heterocycles. The molecule has 0 spiro atoms. The Morgan fingerprint density at radius 1 is 1.45 bits per heavy atom. The molecule has 1 rings (SSSR count). The maximum absolute atomic E-state index is 8.73. The first-order chi connectivity index (χ1) is 5.01. The van der Waals surface area contributed by atoms with Gasteiger partial charge in [-0.2, -0.15) is 0 Å². The van der Waals surface area contributed by atoms with Gasteiger partial charge in [0.2, 0.25) is 0 Å². The first-order valence-corrected chi connectivity index (χ1v) is 4.33. The molecule has 1 saturated carbocycles. The Bertz CT molecular complexity index is 144. The van der Waals surface area contributed by atoms with E-state index in [1.807, 2.05) is 0 Å². The molecule has 0 aromatic rings. The molecule has 0 radical (unpaired) electrons. The van der Waals surface area contributed by atoms with E-state index in [-0.39, 0.29) is 6.61 Å². The van der Waals surface area contributed by atoms with Crippen molar-refractivity contribution >= 4 is 0 Å². The Hall–Kier alpha value is -0.0800. The average molecular weight is 157 g/mol. The number of aliphatic hydroxyl groups excluding tert-OH is 1. The highest BCUT2D eigenvalue weighted by atomic mass is 16.3. The summed E-state index contributed by atoms with van der Waals surface area (Å²) < 4.78 is 0. The van der Waals surface area contributed by atoms with E-state index in [9.17, 15) is 0 Å². The molecule has 2 atom stereocenters. The van der Waals surface area contributed by atoms with E-state index in [2.05, 4.69) is 32.7 Å². The third-order valence-electron chi connectivity index (χ3n) is 3.23. The van der Waals surface area contributed by atoms with Gasteiger partial charge in [0, 0.05) is 12.6 Å². The van der Waals surface area contributed by atoms with E-state index in [1.165, 1.54) is 0 Å². The van der Waals surface area contributed by atoms with Crippen LogP contribution in [0, 0.1) is 11.3 Å². The second-order valence-electron chi connectivity index (χ2n) is 4.26. The minimum Gasteiger partial charge on any atom is -0.395 e. The van der Waals surface area contributed by atoms with E-state index >= 15 is 0 Å².